The van der Waals surface area contributed by atoms with Gasteiger partial charge in [0.05, 0.1) is 12.1 Å². The number of ketones is 1. The molecule has 0 aliphatic carbocycles. The molecule has 1 saturated heterocycles. The number of benzene rings is 1. The molecule has 200 valence electrons. The molecule has 0 saturated carbocycles. The van der Waals surface area contributed by atoms with Gasteiger partial charge in [-0.2, -0.15) is 5.10 Å². The van der Waals surface area contributed by atoms with Crippen LogP contribution in [-0.2, 0) is 16.1 Å². The van der Waals surface area contributed by atoms with Crippen LogP contribution < -0.4 is 5.32 Å². The van der Waals surface area contributed by atoms with Gasteiger partial charge in [-0.05, 0) is 65.2 Å². The second-order valence-electron chi connectivity index (χ2n) is 9.50. The van der Waals surface area contributed by atoms with E-state index in [2.05, 4.69) is 41.3 Å². The average Bonchev–Trinajstić information content (AvgIpc) is 3.45. The van der Waals surface area contributed by atoms with Crippen molar-refractivity contribution < 1.29 is 18.8 Å². The number of halogens is 2. The summed E-state index contributed by atoms with van der Waals surface area (Å²) in [5, 5.41) is 7.67. The molecule has 1 aromatic carbocycles. The fourth-order valence-electron chi connectivity index (χ4n) is 4.76. The molecule has 39 heavy (non-hydrogen) atoms. The van der Waals surface area contributed by atoms with Gasteiger partial charge in [-0.3, -0.25) is 19.1 Å². The Morgan fingerprint density at radius 2 is 1.90 bits per heavy atom. The number of hydrogen-bond acceptors (Lipinski definition) is 7. The number of likely N-dealkylation sites (tertiary alicyclic amines) is 1. The summed E-state index contributed by atoms with van der Waals surface area (Å²) in [6, 6.07) is 7.71. The summed E-state index contributed by atoms with van der Waals surface area (Å²) >= 11 is 3.25. The van der Waals surface area contributed by atoms with E-state index in [4.69, 9.17) is 0 Å². The first-order valence-electron chi connectivity index (χ1n) is 12.3. The van der Waals surface area contributed by atoms with E-state index in [1.54, 1.807) is 37.5 Å². The molecule has 4 aromatic rings. The number of carbonyl (C=O) groups is 3. The highest BCUT2D eigenvalue weighted by Crippen LogP contribution is 2.30. The standard InChI is InChI=1S/C27H25BrFN7O3/c1-14-7-21-20(9-19(14)17-10-30-16(3)31-11-17)26(15(2)37)34-36(21)13-25(38)35-12-18(29)8-22(35)27(39)33-24-6-4-5-23(28)32-24/h4-7,9-11,18,22H,8,12-13H2,1-3H3,(H,32,33,39)/t18-,22+/m1/s1. The zero-order chi connectivity index (χ0) is 27.8. The van der Waals surface area contributed by atoms with Gasteiger partial charge in [-0.1, -0.05) is 6.07 Å². The summed E-state index contributed by atoms with van der Waals surface area (Å²) in [6.07, 6.45) is 1.97. The number of nitrogens with one attached hydrogen (secondary N) is 1. The third-order valence-electron chi connectivity index (χ3n) is 6.65. The normalized spacial score (nSPS) is 17.0. The van der Waals surface area contributed by atoms with Gasteiger partial charge in [0, 0.05) is 36.7 Å². The Bertz CT molecular complexity index is 1610. The van der Waals surface area contributed by atoms with Crippen molar-refractivity contribution in [1.82, 2.24) is 29.6 Å². The van der Waals surface area contributed by atoms with Crippen molar-refractivity contribution in [2.75, 3.05) is 11.9 Å². The number of pyridine rings is 1. The summed E-state index contributed by atoms with van der Waals surface area (Å²) in [5.74, 6) is -0.329. The molecule has 0 unspecified atom stereocenters. The quantitative estimate of drug-likeness (QED) is 0.264. The first-order chi connectivity index (χ1) is 18.6. The maximum Gasteiger partial charge on any atom is 0.248 e. The molecule has 4 heterocycles. The second-order valence-corrected chi connectivity index (χ2v) is 10.3. The largest absolute Gasteiger partial charge is 0.326 e. The minimum absolute atomic E-state index is 0.120. The number of amides is 2. The number of hydrogen-bond donors (Lipinski definition) is 1. The van der Waals surface area contributed by atoms with Crippen LogP contribution in [0.15, 0.2) is 47.3 Å². The predicted molar refractivity (Wildman–Crippen MR) is 146 cm³/mol. The van der Waals surface area contributed by atoms with Gasteiger partial charge >= 0.3 is 0 Å². The zero-order valence-electron chi connectivity index (χ0n) is 21.5. The lowest BCUT2D eigenvalue weighted by atomic mass is 9.99. The molecular formula is C27H25BrFN7O3. The summed E-state index contributed by atoms with van der Waals surface area (Å²) < 4.78 is 16.4. The van der Waals surface area contributed by atoms with Crippen LogP contribution in [0, 0.1) is 13.8 Å². The number of carbonyl (C=O) groups excluding carboxylic acids is 3. The molecule has 0 radical (unpaired) electrons. The molecule has 0 spiro atoms. The second kappa shape index (κ2) is 10.6. The van der Waals surface area contributed by atoms with E-state index in [1.807, 2.05) is 19.1 Å². The topological polar surface area (TPSA) is 123 Å². The molecule has 12 heteroatoms. The number of aryl methyl sites for hydroxylation is 2. The maximum absolute atomic E-state index is 14.5. The van der Waals surface area contributed by atoms with E-state index in [9.17, 15) is 18.8 Å². The number of anilines is 1. The number of alkyl halides is 1. The van der Waals surface area contributed by atoms with E-state index in [-0.39, 0.29) is 31.0 Å². The van der Waals surface area contributed by atoms with Crippen LogP contribution >= 0.6 is 15.9 Å². The third-order valence-corrected chi connectivity index (χ3v) is 7.09. The Morgan fingerprint density at radius 3 is 2.59 bits per heavy atom. The van der Waals surface area contributed by atoms with Crippen LogP contribution in [-0.4, -0.2) is 66.0 Å². The summed E-state index contributed by atoms with van der Waals surface area (Å²) in [7, 11) is 0. The Balaban J connectivity index is 1.44. The van der Waals surface area contributed by atoms with E-state index >= 15 is 0 Å². The summed E-state index contributed by atoms with van der Waals surface area (Å²) in [4.78, 5) is 52.8. The lowest BCUT2D eigenvalue weighted by molar-refractivity contribution is -0.137. The smallest absolute Gasteiger partial charge is 0.248 e. The van der Waals surface area contributed by atoms with Crippen molar-refractivity contribution in [2.24, 2.45) is 0 Å². The number of rotatable bonds is 6. The van der Waals surface area contributed by atoms with Crippen LogP contribution in [0.2, 0.25) is 0 Å². The van der Waals surface area contributed by atoms with Crippen molar-refractivity contribution >= 4 is 50.2 Å². The fourth-order valence-corrected chi connectivity index (χ4v) is 5.11. The van der Waals surface area contributed by atoms with Crippen molar-refractivity contribution in [2.45, 2.75) is 46.0 Å². The molecule has 5 rings (SSSR count). The lowest BCUT2D eigenvalue weighted by Gasteiger charge is -2.23. The molecule has 1 fully saturated rings. The van der Waals surface area contributed by atoms with E-state index in [1.165, 1.54) is 16.5 Å². The minimum Gasteiger partial charge on any atom is -0.326 e. The number of nitrogens with zero attached hydrogens (tertiary/aromatic N) is 6. The van der Waals surface area contributed by atoms with Gasteiger partial charge in [0.2, 0.25) is 11.8 Å². The van der Waals surface area contributed by atoms with Crippen molar-refractivity contribution in [3.8, 4) is 11.1 Å². The van der Waals surface area contributed by atoms with Crippen molar-refractivity contribution in [3.63, 3.8) is 0 Å². The fraction of sp³-hybridized carbons (Fsp3) is 0.296. The lowest BCUT2D eigenvalue weighted by Crippen LogP contribution is -2.44. The molecule has 1 N–H and O–H groups in total. The maximum atomic E-state index is 14.5. The highest BCUT2D eigenvalue weighted by Gasteiger charge is 2.40. The number of Topliss-reactive ketones (excluding diaryl/α,β-unsaturated/α-hetero) is 1. The Hall–Kier alpha value is -4.06. The van der Waals surface area contributed by atoms with E-state index in [0.717, 1.165) is 16.7 Å². The Morgan fingerprint density at radius 1 is 1.15 bits per heavy atom. The highest BCUT2D eigenvalue weighted by atomic mass is 79.9. The molecule has 1 aliphatic rings. The zero-order valence-corrected chi connectivity index (χ0v) is 23.1. The van der Waals surface area contributed by atoms with Gasteiger partial charge in [-0.25, -0.2) is 19.3 Å². The van der Waals surface area contributed by atoms with Crippen LogP contribution in [0.1, 0.15) is 35.2 Å². The summed E-state index contributed by atoms with van der Waals surface area (Å²) in [6.45, 7) is 4.64. The van der Waals surface area contributed by atoms with Gasteiger partial charge in [0.1, 0.15) is 40.7 Å². The van der Waals surface area contributed by atoms with Gasteiger partial charge in [0.25, 0.3) is 0 Å². The average molecular weight is 594 g/mol. The monoisotopic (exact) mass is 593 g/mol. The predicted octanol–water partition coefficient (Wildman–Crippen LogP) is 4.05. The van der Waals surface area contributed by atoms with Crippen molar-refractivity contribution in [3.05, 3.63) is 64.4 Å². The van der Waals surface area contributed by atoms with Crippen LogP contribution in [0.3, 0.4) is 0 Å². The van der Waals surface area contributed by atoms with Crippen LogP contribution in [0.5, 0.6) is 0 Å². The van der Waals surface area contributed by atoms with E-state index < -0.39 is 24.0 Å². The SMILES string of the molecule is CC(=O)c1nn(CC(=O)N2C[C@H](F)C[C@H]2C(=O)Nc2cccc(Br)n2)c2cc(C)c(-c3cnc(C)nc3)cc12. The molecule has 0 bridgehead atoms. The number of aromatic nitrogens is 5. The van der Waals surface area contributed by atoms with Crippen molar-refractivity contribution in [1.29, 1.82) is 0 Å². The third kappa shape index (κ3) is 5.42. The van der Waals surface area contributed by atoms with Gasteiger partial charge < -0.3 is 10.2 Å². The Kier molecular flexibility index (Phi) is 7.21. The molecule has 3 aromatic heterocycles. The van der Waals surface area contributed by atoms with Crippen LogP contribution in [0.25, 0.3) is 22.0 Å². The van der Waals surface area contributed by atoms with E-state index in [0.29, 0.717) is 27.1 Å². The molecule has 2 atom stereocenters. The number of fused-ring (bicyclic) bond motifs is 1. The van der Waals surface area contributed by atoms with Crippen LogP contribution in [0.4, 0.5) is 10.2 Å². The molecule has 1 aliphatic heterocycles. The summed E-state index contributed by atoms with van der Waals surface area (Å²) in [5.41, 5.74) is 3.30. The van der Waals surface area contributed by atoms with Gasteiger partial charge in [-0.15, -0.1) is 0 Å². The molecule has 10 nitrogen and oxygen atoms in total. The molecule has 2 amide bonds. The first kappa shape index (κ1) is 26.5. The van der Waals surface area contributed by atoms with Gasteiger partial charge in [0.15, 0.2) is 5.78 Å². The highest BCUT2D eigenvalue weighted by molar-refractivity contribution is 9.10. The first-order valence-corrected chi connectivity index (χ1v) is 13.1. The minimum atomic E-state index is -1.34. The Labute approximate surface area is 231 Å². The molecular weight excluding hydrogens is 569 g/mol.